The molecule has 7 nitrogen and oxygen atoms in total. The summed E-state index contributed by atoms with van der Waals surface area (Å²) in [4.78, 5) is 30.1. The lowest BCUT2D eigenvalue weighted by Crippen LogP contribution is -2.40. The molecule has 0 saturated heterocycles. The molecule has 0 spiro atoms. The van der Waals surface area contributed by atoms with Crippen molar-refractivity contribution in [2.45, 2.75) is 32.9 Å². The fourth-order valence-electron chi connectivity index (χ4n) is 3.24. The van der Waals surface area contributed by atoms with Crippen LogP contribution in [0.25, 0.3) is 22.3 Å². The number of halogens is 2. The third-order valence-corrected chi connectivity index (χ3v) is 5.11. The van der Waals surface area contributed by atoms with Crippen LogP contribution in [0.15, 0.2) is 56.6 Å². The third-order valence-electron chi connectivity index (χ3n) is 4.81. The summed E-state index contributed by atoms with van der Waals surface area (Å²) in [7, 11) is 0. The van der Waals surface area contributed by atoms with E-state index in [1.165, 1.54) is 21.3 Å². The van der Waals surface area contributed by atoms with Gasteiger partial charge in [-0.15, -0.1) is 0 Å². The molecule has 0 aliphatic rings. The Morgan fingerprint density at radius 1 is 1.13 bits per heavy atom. The molecule has 0 radical (unpaired) electrons. The van der Waals surface area contributed by atoms with Crippen molar-refractivity contribution in [2.75, 3.05) is 0 Å². The van der Waals surface area contributed by atoms with Gasteiger partial charge in [0.25, 0.3) is 5.56 Å². The molecule has 0 amide bonds. The Bertz CT molecular complexity index is 1340. The number of para-hydroxylation sites is 1. The van der Waals surface area contributed by atoms with Gasteiger partial charge in [0.05, 0.1) is 15.9 Å². The van der Waals surface area contributed by atoms with E-state index < -0.39 is 11.5 Å². The van der Waals surface area contributed by atoms with Crippen molar-refractivity contribution in [3.05, 3.63) is 80.0 Å². The van der Waals surface area contributed by atoms with Gasteiger partial charge in [0.2, 0.25) is 11.7 Å². The van der Waals surface area contributed by atoms with Crippen LogP contribution in [0.4, 0.5) is 4.39 Å². The maximum Gasteiger partial charge on any atom is 0.331 e. The first-order chi connectivity index (χ1) is 14.5. The molecular weight excluding hydrogens is 411 g/mol. The fourth-order valence-corrected chi connectivity index (χ4v) is 3.36. The van der Waals surface area contributed by atoms with Gasteiger partial charge >= 0.3 is 5.69 Å². The van der Waals surface area contributed by atoms with E-state index in [1.807, 2.05) is 6.92 Å². The van der Waals surface area contributed by atoms with E-state index in [0.29, 0.717) is 29.4 Å². The predicted octanol–water partition coefficient (Wildman–Crippen LogP) is 3.85. The molecule has 0 N–H and O–H groups in total. The number of hydrogen-bond acceptors (Lipinski definition) is 5. The minimum atomic E-state index is -0.592. The zero-order chi connectivity index (χ0) is 21.3. The van der Waals surface area contributed by atoms with Crippen molar-refractivity contribution < 1.29 is 8.91 Å². The molecule has 0 aliphatic carbocycles. The van der Waals surface area contributed by atoms with Crippen molar-refractivity contribution in [1.29, 1.82) is 0 Å². The van der Waals surface area contributed by atoms with Gasteiger partial charge in [0.15, 0.2) is 0 Å². The van der Waals surface area contributed by atoms with Crippen molar-refractivity contribution in [1.82, 2.24) is 19.3 Å². The maximum atomic E-state index is 13.7. The van der Waals surface area contributed by atoms with Crippen LogP contribution in [-0.4, -0.2) is 19.3 Å². The van der Waals surface area contributed by atoms with Gasteiger partial charge < -0.3 is 4.52 Å². The number of fused-ring (bicyclic) bond motifs is 1. The van der Waals surface area contributed by atoms with Crippen LogP contribution in [0.3, 0.4) is 0 Å². The summed E-state index contributed by atoms with van der Waals surface area (Å²) in [5.74, 6) is -0.253. The van der Waals surface area contributed by atoms with E-state index >= 15 is 0 Å². The van der Waals surface area contributed by atoms with Crippen molar-refractivity contribution in [2.24, 2.45) is 0 Å². The van der Waals surface area contributed by atoms with E-state index in [1.54, 1.807) is 30.3 Å². The second-order valence-corrected chi connectivity index (χ2v) is 7.24. The van der Waals surface area contributed by atoms with E-state index in [2.05, 4.69) is 10.1 Å². The largest absolute Gasteiger partial charge is 0.337 e. The van der Waals surface area contributed by atoms with Crippen LogP contribution in [-0.2, 0) is 13.1 Å². The molecule has 2 aromatic heterocycles. The third kappa shape index (κ3) is 3.66. The van der Waals surface area contributed by atoms with Crippen LogP contribution in [0.2, 0.25) is 5.02 Å². The highest BCUT2D eigenvalue weighted by Crippen LogP contribution is 2.22. The quantitative estimate of drug-likeness (QED) is 0.465. The molecule has 0 unspecified atom stereocenters. The number of benzene rings is 2. The molecule has 0 aliphatic heterocycles. The first-order valence-corrected chi connectivity index (χ1v) is 9.87. The Hall–Kier alpha value is -3.26. The first kappa shape index (κ1) is 20.0. The van der Waals surface area contributed by atoms with Gasteiger partial charge in [0, 0.05) is 12.1 Å². The highest BCUT2D eigenvalue weighted by Gasteiger charge is 2.16. The predicted molar refractivity (Wildman–Crippen MR) is 111 cm³/mol. The Morgan fingerprint density at radius 3 is 2.70 bits per heavy atom. The smallest absolute Gasteiger partial charge is 0.331 e. The van der Waals surface area contributed by atoms with Crippen LogP contribution < -0.4 is 11.2 Å². The molecule has 154 valence electrons. The van der Waals surface area contributed by atoms with Crippen LogP contribution in [0.1, 0.15) is 25.7 Å². The number of hydrogen-bond donors (Lipinski definition) is 0. The molecule has 9 heteroatoms. The zero-order valence-electron chi connectivity index (χ0n) is 16.1. The minimum Gasteiger partial charge on any atom is -0.337 e. The summed E-state index contributed by atoms with van der Waals surface area (Å²) < 4.78 is 21.7. The minimum absolute atomic E-state index is 0.00479. The molecule has 0 bridgehead atoms. The first-order valence-electron chi connectivity index (χ1n) is 9.50. The Labute approximate surface area is 175 Å². The summed E-state index contributed by atoms with van der Waals surface area (Å²) in [6.45, 7) is 2.30. The lowest BCUT2D eigenvalue weighted by molar-refractivity contribution is 0.369. The standard InChI is InChI=1S/C21H18ClFN4O3/c1-2-3-10-26-20(28)14-6-4-5-7-17(14)27(21(26)29)12-18-24-19(25-30-18)13-8-9-15(22)16(23)11-13/h4-9,11H,2-3,10,12H2,1H3. The van der Waals surface area contributed by atoms with Gasteiger partial charge in [-0.25, -0.2) is 9.18 Å². The molecule has 0 saturated carbocycles. The van der Waals surface area contributed by atoms with E-state index in [4.69, 9.17) is 16.1 Å². The summed E-state index contributed by atoms with van der Waals surface area (Å²) in [6, 6.07) is 11.1. The summed E-state index contributed by atoms with van der Waals surface area (Å²) >= 11 is 5.71. The molecule has 0 fully saturated rings. The number of rotatable bonds is 6. The van der Waals surface area contributed by atoms with Crippen molar-refractivity contribution in [3.63, 3.8) is 0 Å². The van der Waals surface area contributed by atoms with Gasteiger partial charge in [-0.2, -0.15) is 4.98 Å². The molecule has 30 heavy (non-hydrogen) atoms. The second-order valence-electron chi connectivity index (χ2n) is 6.84. The second kappa shape index (κ2) is 8.23. The van der Waals surface area contributed by atoms with E-state index in [0.717, 1.165) is 6.42 Å². The van der Waals surface area contributed by atoms with Crippen molar-refractivity contribution in [3.8, 4) is 11.4 Å². The summed E-state index contributed by atoms with van der Waals surface area (Å²) in [6.07, 6.45) is 1.56. The Morgan fingerprint density at radius 2 is 1.93 bits per heavy atom. The van der Waals surface area contributed by atoms with Gasteiger partial charge in [0.1, 0.15) is 12.4 Å². The molecular formula is C21H18ClFN4O3. The summed E-state index contributed by atoms with van der Waals surface area (Å²) in [5.41, 5.74) is 0.127. The molecule has 0 atom stereocenters. The molecule has 2 aromatic carbocycles. The van der Waals surface area contributed by atoms with Crippen molar-refractivity contribution >= 4 is 22.5 Å². The zero-order valence-corrected chi connectivity index (χ0v) is 16.9. The van der Waals surface area contributed by atoms with E-state index in [9.17, 15) is 14.0 Å². The Kier molecular flexibility index (Phi) is 5.50. The van der Waals surface area contributed by atoms with Gasteiger partial charge in [-0.1, -0.05) is 42.2 Å². The topological polar surface area (TPSA) is 82.9 Å². The number of nitrogens with zero attached hydrogens (tertiary/aromatic N) is 4. The van der Waals surface area contributed by atoms with Crippen LogP contribution in [0.5, 0.6) is 0 Å². The lowest BCUT2D eigenvalue weighted by Gasteiger charge is -2.12. The highest BCUT2D eigenvalue weighted by atomic mass is 35.5. The molecule has 4 aromatic rings. The van der Waals surface area contributed by atoms with Crippen LogP contribution >= 0.6 is 11.6 Å². The molecule has 2 heterocycles. The van der Waals surface area contributed by atoms with Crippen LogP contribution in [0, 0.1) is 5.82 Å². The fraction of sp³-hybridized carbons (Fsp3) is 0.238. The van der Waals surface area contributed by atoms with Gasteiger partial charge in [-0.05, 0) is 36.8 Å². The normalized spacial score (nSPS) is 11.3. The average Bonchev–Trinajstić information content (AvgIpc) is 3.22. The van der Waals surface area contributed by atoms with E-state index in [-0.39, 0.29) is 28.8 Å². The lowest BCUT2D eigenvalue weighted by atomic mass is 10.2. The summed E-state index contributed by atoms with van der Waals surface area (Å²) in [5, 5.41) is 4.31. The molecule has 4 rings (SSSR count). The van der Waals surface area contributed by atoms with Gasteiger partial charge in [-0.3, -0.25) is 13.9 Å². The monoisotopic (exact) mass is 428 g/mol. The number of aromatic nitrogens is 4. The average molecular weight is 429 g/mol. The SMILES string of the molecule is CCCCn1c(=O)c2ccccc2n(Cc2nc(-c3ccc(Cl)c(F)c3)no2)c1=O. The number of unbranched alkanes of at least 4 members (excludes halogenated alkanes) is 1. The maximum absolute atomic E-state index is 13.7. The Balaban J connectivity index is 1.77. The highest BCUT2D eigenvalue weighted by molar-refractivity contribution is 6.30.